The third kappa shape index (κ3) is 2.37. The van der Waals surface area contributed by atoms with Crippen LogP contribution >= 0.6 is 0 Å². The number of rotatable bonds is 4. The molecule has 0 atom stereocenters. The lowest BCUT2D eigenvalue weighted by atomic mass is 10.1. The highest BCUT2D eigenvalue weighted by Gasteiger charge is 2.10. The molecule has 4 heteroatoms. The van der Waals surface area contributed by atoms with E-state index in [1.807, 2.05) is 0 Å². The van der Waals surface area contributed by atoms with E-state index in [4.69, 9.17) is 0 Å². The zero-order valence-corrected chi connectivity index (χ0v) is 6.97. The molecule has 0 spiro atoms. The topological polar surface area (TPSA) is 60.2 Å². The summed E-state index contributed by atoms with van der Waals surface area (Å²) in [7, 11) is 0. The number of nitrogens with zero attached hydrogens (tertiary/aromatic N) is 1. The third-order valence-electron chi connectivity index (χ3n) is 1.72. The fourth-order valence-electron chi connectivity index (χ4n) is 1.11. The van der Waals surface area contributed by atoms with Crippen LogP contribution in [0.2, 0.25) is 0 Å². The van der Waals surface area contributed by atoms with E-state index in [0.29, 0.717) is 18.4 Å². The van der Waals surface area contributed by atoms with Crippen molar-refractivity contribution in [1.29, 1.82) is 0 Å². The Morgan fingerprint density at radius 3 is 2.69 bits per heavy atom. The van der Waals surface area contributed by atoms with E-state index in [2.05, 4.69) is 0 Å². The second kappa shape index (κ2) is 4.35. The molecular weight excluding hydrogens is 170 g/mol. The molecule has 0 aromatic heterocycles. The van der Waals surface area contributed by atoms with E-state index in [-0.39, 0.29) is 5.69 Å². The lowest BCUT2D eigenvalue weighted by molar-refractivity contribution is -0.385. The summed E-state index contributed by atoms with van der Waals surface area (Å²) in [6, 6.07) is 6.46. The number of nitro groups is 1. The Morgan fingerprint density at radius 2 is 2.08 bits per heavy atom. The van der Waals surface area contributed by atoms with E-state index in [0.717, 1.165) is 6.29 Å². The number of hydrogen-bond acceptors (Lipinski definition) is 3. The van der Waals surface area contributed by atoms with E-state index in [1.165, 1.54) is 6.07 Å². The van der Waals surface area contributed by atoms with Gasteiger partial charge in [-0.05, 0) is 6.42 Å². The van der Waals surface area contributed by atoms with Gasteiger partial charge in [0.25, 0.3) is 5.69 Å². The Hall–Kier alpha value is -1.71. The predicted octanol–water partition coefficient (Wildman–Crippen LogP) is 1.73. The van der Waals surface area contributed by atoms with Crippen molar-refractivity contribution in [2.45, 2.75) is 12.8 Å². The summed E-state index contributed by atoms with van der Waals surface area (Å²) >= 11 is 0. The van der Waals surface area contributed by atoms with Crippen molar-refractivity contribution >= 4 is 12.0 Å². The zero-order valence-electron chi connectivity index (χ0n) is 6.97. The van der Waals surface area contributed by atoms with Crippen LogP contribution in [0.1, 0.15) is 12.0 Å². The number of aldehydes is 1. The molecule has 0 unspecified atom stereocenters. The SMILES string of the molecule is O=CCCc1ccccc1[N+](=O)[O-]. The van der Waals surface area contributed by atoms with Gasteiger partial charge in [-0.25, -0.2) is 0 Å². The van der Waals surface area contributed by atoms with Crippen molar-refractivity contribution in [3.8, 4) is 0 Å². The van der Waals surface area contributed by atoms with Crippen LogP contribution in [-0.2, 0) is 11.2 Å². The minimum absolute atomic E-state index is 0.0874. The molecular formula is C9H9NO3. The number of benzene rings is 1. The van der Waals surface area contributed by atoms with E-state index in [9.17, 15) is 14.9 Å². The highest BCUT2D eigenvalue weighted by atomic mass is 16.6. The molecule has 0 amide bonds. The normalized spacial score (nSPS) is 9.54. The molecule has 1 aromatic rings. The number of hydrogen-bond donors (Lipinski definition) is 0. The molecule has 0 aliphatic heterocycles. The molecule has 0 radical (unpaired) electrons. The lowest BCUT2D eigenvalue weighted by Gasteiger charge is -1.98. The Balaban J connectivity index is 2.90. The molecule has 1 rings (SSSR count). The number of nitro benzene ring substituents is 1. The van der Waals surface area contributed by atoms with Gasteiger partial charge in [0, 0.05) is 18.1 Å². The van der Waals surface area contributed by atoms with Gasteiger partial charge in [0.05, 0.1) is 4.92 Å². The molecule has 0 bridgehead atoms. The van der Waals surface area contributed by atoms with Crippen LogP contribution in [0.25, 0.3) is 0 Å². The number of aryl methyl sites for hydroxylation is 1. The number of carbonyl (C=O) groups excluding carboxylic acids is 1. The van der Waals surface area contributed by atoms with Gasteiger partial charge >= 0.3 is 0 Å². The summed E-state index contributed by atoms with van der Waals surface area (Å²) in [5.41, 5.74) is 0.698. The Morgan fingerprint density at radius 1 is 1.38 bits per heavy atom. The summed E-state index contributed by atoms with van der Waals surface area (Å²) in [6.45, 7) is 0. The zero-order chi connectivity index (χ0) is 9.68. The highest BCUT2D eigenvalue weighted by molar-refractivity contribution is 5.51. The van der Waals surface area contributed by atoms with Gasteiger partial charge in [-0.3, -0.25) is 10.1 Å². The molecule has 0 heterocycles. The second-order valence-corrected chi connectivity index (χ2v) is 2.59. The fourth-order valence-corrected chi connectivity index (χ4v) is 1.11. The fraction of sp³-hybridized carbons (Fsp3) is 0.222. The van der Waals surface area contributed by atoms with Crippen molar-refractivity contribution in [1.82, 2.24) is 0 Å². The monoisotopic (exact) mass is 179 g/mol. The van der Waals surface area contributed by atoms with Gasteiger partial charge < -0.3 is 4.79 Å². The van der Waals surface area contributed by atoms with Gasteiger partial charge in [-0.15, -0.1) is 0 Å². The molecule has 4 nitrogen and oxygen atoms in total. The van der Waals surface area contributed by atoms with Crippen LogP contribution < -0.4 is 0 Å². The van der Waals surface area contributed by atoms with Crippen LogP contribution in [0.3, 0.4) is 0 Å². The molecule has 0 N–H and O–H groups in total. The molecule has 13 heavy (non-hydrogen) atoms. The molecule has 0 saturated carbocycles. The summed E-state index contributed by atoms with van der Waals surface area (Å²) in [5.74, 6) is 0. The Kier molecular flexibility index (Phi) is 3.14. The van der Waals surface area contributed by atoms with Gasteiger partial charge in [-0.2, -0.15) is 0 Å². The lowest BCUT2D eigenvalue weighted by Crippen LogP contribution is -1.95. The van der Waals surface area contributed by atoms with E-state index >= 15 is 0 Å². The Labute approximate surface area is 75.3 Å². The first-order valence-corrected chi connectivity index (χ1v) is 3.91. The van der Waals surface area contributed by atoms with Gasteiger partial charge in [0.15, 0.2) is 0 Å². The predicted molar refractivity (Wildman–Crippen MR) is 47.5 cm³/mol. The number of carbonyl (C=O) groups is 1. The van der Waals surface area contributed by atoms with Crippen molar-refractivity contribution in [3.05, 3.63) is 39.9 Å². The van der Waals surface area contributed by atoms with Gasteiger partial charge in [-0.1, -0.05) is 18.2 Å². The quantitative estimate of drug-likeness (QED) is 0.401. The molecule has 68 valence electrons. The summed E-state index contributed by atoms with van der Waals surface area (Å²) < 4.78 is 0. The summed E-state index contributed by atoms with van der Waals surface area (Å²) in [4.78, 5) is 20.2. The first kappa shape index (κ1) is 9.38. The summed E-state index contributed by atoms with van der Waals surface area (Å²) in [5, 5.41) is 10.5. The molecule has 0 saturated heterocycles. The first-order valence-electron chi connectivity index (χ1n) is 3.91. The number of para-hydroxylation sites is 1. The van der Waals surface area contributed by atoms with E-state index < -0.39 is 4.92 Å². The maximum atomic E-state index is 10.5. The maximum absolute atomic E-state index is 10.5. The largest absolute Gasteiger partial charge is 0.303 e. The average Bonchev–Trinajstić information content (AvgIpc) is 2.15. The smallest absolute Gasteiger partial charge is 0.272 e. The minimum Gasteiger partial charge on any atom is -0.303 e. The summed E-state index contributed by atoms with van der Waals surface area (Å²) in [6.07, 6.45) is 1.52. The van der Waals surface area contributed by atoms with Crippen LogP contribution in [0.15, 0.2) is 24.3 Å². The standard InChI is InChI=1S/C9H9NO3/c11-7-3-5-8-4-1-2-6-9(8)10(12)13/h1-2,4,6-7H,3,5H2. The van der Waals surface area contributed by atoms with Crippen molar-refractivity contribution in [2.24, 2.45) is 0 Å². The van der Waals surface area contributed by atoms with Crippen LogP contribution in [-0.4, -0.2) is 11.2 Å². The minimum atomic E-state index is -0.430. The van der Waals surface area contributed by atoms with Gasteiger partial charge in [0.2, 0.25) is 0 Å². The second-order valence-electron chi connectivity index (χ2n) is 2.59. The van der Waals surface area contributed by atoms with Crippen LogP contribution in [0.5, 0.6) is 0 Å². The maximum Gasteiger partial charge on any atom is 0.272 e. The molecule has 1 aromatic carbocycles. The van der Waals surface area contributed by atoms with Crippen LogP contribution in [0, 0.1) is 10.1 Å². The van der Waals surface area contributed by atoms with Gasteiger partial charge in [0.1, 0.15) is 6.29 Å². The first-order chi connectivity index (χ1) is 6.25. The van der Waals surface area contributed by atoms with Crippen molar-refractivity contribution in [2.75, 3.05) is 0 Å². The van der Waals surface area contributed by atoms with Crippen molar-refractivity contribution in [3.63, 3.8) is 0 Å². The Bertz CT molecular complexity index is 322. The molecule has 0 fully saturated rings. The average molecular weight is 179 g/mol. The third-order valence-corrected chi connectivity index (χ3v) is 1.72. The van der Waals surface area contributed by atoms with E-state index in [1.54, 1.807) is 18.2 Å². The highest BCUT2D eigenvalue weighted by Crippen LogP contribution is 2.18. The molecule has 0 aliphatic rings. The van der Waals surface area contributed by atoms with Crippen molar-refractivity contribution < 1.29 is 9.72 Å². The van der Waals surface area contributed by atoms with Crippen LogP contribution in [0.4, 0.5) is 5.69 Å². The molecule has 0 aliphatic carbocycles.